The largest absolute Gasteiger partial charge is 0.358 e. The molecule has 0 aliphatic heterocycles. The Hall–Kier alpha value is -0.220. The van der Waals surface area contributed by atoms with Crippen LogP contribution in [0.2, 0.25) is 0 Å². The van der Waals surface area contributed by atoms with Gasteiger partial charge in [0.25, 0.3) is 0 Å². The van der Waals surface area contributed by atoms with E-state index in [1.54, 1.807) is 11.3 Å². The van der Waals surface area contributed by atoms with Crippen LogP contribution in [0.15, 0.2) is 5.38 Å². The molecule has 4 heteroatoms. The lowest BCUT2D eigenvalue weighted by atomic mass is 10.2. The number of thioether (sulfide) groups is 1. The number of thiazole rings is 1. The van der Waals surface area contributed by atoms with Gasteiger partial charge >= 0.3 is 0 Å². The van der Waals surface area contributed by atoms with Crippen molar-refractivity contribution in [2.24, 2.45) is 0 Å². The Morgan fingerprint density at radius 2 is 2.38 bits per heavy atom. The highest BCUT2D eigenvalue weighted by Gasteiger charge is 2.27. The van der Waals surface area contributed by atoms with Gasteiger partial charge in [0.2, 0.25) is 0 Å². The summed E-state index contributed by atoms with van der Waals surface area (Å²) in [6.45, 7) is 4.41. The third-order valence-corrected chi connectivity index (χ3v) is 5.20. The summed E-state index contributed by atoms with van der Waals surface area (Å²) < 4.78 is 0. The molecule has 16 heavy (non-hydrogen) atoms. The number of hydrogen-bond donors (Lipinski definition) is 1. The van der Waals surface area contributed by atoms with E-state index >= 15 is 0 Å². The predicted molar refractivity (Wildman–Crippen MR) is 74.7 cm³/mol. The fraction of sp³-hybridized carbons (Fsp3) is 0.750. The van der Waals surface area contributed by atoms with E-state index in [9.17, 15) is 0 Å². The third kappa shape index (κ3) is 2.92. The van der Waals surface area contributed by atoms with E-state index in [1.165, 1.54) is 30.7 Å². The topological polar surface area (TPSA) is 24.9 Å². The average Bonchev–Trinajstić information content (AvgIpc) is 2.90. The zero-order valence-electron chi connectivity index (χ0n) is 10.0. The molecule has 0 spiro atoms. The summed E-state index contributed by atoms with van der Waals surface area (Å²) in [6, 6.07) is 0.640. The predicted octanol–water partition coefficient (Wildman–Crippen LogP) is 3.79. The van der Waals surface area contributed by atoms with Crippen molar-refractivity contribution in [3.05, 3.63) is 11.1 Å². The van der Waals surface area contributed by atoms with Gasteiger partial charge in [-0.1, -0.05) is 20.3 Å². The fourth-order valence-corrected chi connectivity index (χ4v) is 4.25. The molecule has 1 aliphatic rings. The molecule has 1 saturated carbocycles. The quantitative estimate of drug-likeness (QED) is 0.867. The normalized spacial score (nSPS) is 24.9. The molecule has 0 saturated heterocycles. The van der Waals surface area contributed by atoms with Gasteiger partial charge in [-0.25, -0.2) is 4.98 Å². The number of aromatic nitrogens is 1. The Morgan fingerprint density at radius 3 is 3.06 bits per heavy atom. The standard InChI is InChI=1S/C12H20N2S2/c1-3-9-8-16-12(13-9)14-10-6-5-7-11(10)15-4-2/h8,10-11H,3-7H2,1-2H3,(H,13,14). The van der Waals surface area contributed by atoms with Gasteiger partial charge in [-0.05, 0) is 25.0 Å². The molecule has 0 radical (unpaired) electrons. The van der Waals surface area contributed by atoms with E-state index in [1.807, 2.05) is 0 Å². The molecular weight excluding hydrogens is 236 g/mol. The zero-order chi connectivity index (χ0) is 11.4. The maximum Gasteiger partial charge on any atom is 0.183 e. The van der Waals surface area contributed by atoms with E-state index in [0.29, 0.717) is 6.04 Å². The van der Waals surface area contributed by atoms with Crippen molar-refractivity contribution in [1.82, 2.24) is 4.98 Å². The Kier molecular flexibility index (Phi) is 4.53. The molecule has 1 aromatic rings. The first kappa shape index (κ1) is 12.2. The van der Waals surface area contributed by atoms with Crippen LogP contribution in [-0.4, -0.2) is 22.0 Å². The van der Waals surface area contributed by atoms with Gasteiger partial charge in [0.1, 0.15) is 0 Å². The van der Waals surface area contributed by atoms with E-state index < -0.39 is 0 Å². The first-order chi connectivity index (χ1) is 7.83. The average molecular weight is 256 g/mol. The third-order valence-electron chi connectivity index (χ3n) is 3.06. The van der Waals surface area contributed by atoms with Crippen LogP contribution in [0.4, 0.5) is 5.13 Å². The lowest BCUT2D eigenvalue weighted by Gasteiger charge is -2.19. The Morgan fingerprint density at radius 1 is 1.50 bits per heavy atom. The summed E-state index contributed by atoms with van der Waals surface area (Å²) in [7, 11) is 0. The van der Waals surface area contributed by atoms with Crippen LogP contribution in [0.1, 0.15) is 38.8 Å². The van der Waals surface area contributed by atoms with Crippen LogP contribution in [0, 0.1) is 0 Å². The Bertz CT molecular complexity index is 325. The number of anilines is 1. The molecule has 0 amide bonds. The molecule has 2 unspecified atom stereocenters. The summed E-state index contributed by atoms with van der Waals surface area (Å²) in [6.07, 6.45) is 5.07. The molecule has 1 heterocycles. The van der Waals surface area contributed by atoms with Crippen molar-refractivity contribution in [3.63, 3.8) is 0 Å². The van der Waals surface area contributed by atoms with Gasteiger partial charge in [0, 0.05) is 16.7 Å². The first-order valence-electron chi connectivity index (χ1n) is 6.16. The minimum atomic E-state index is 0.640. The minimum Gasteiger partial charge on any atom is -0.358 e. The molecular formula is C12H20N2S2. The molecule has 2 atom stereocenters. The van der Waals surface area contributed by atoms with Gasteiger partial charge in [-0.15, -0.1) is 11.3 Å². The molecule has 2 nitrogen and oxygen atoms in total. The molecule has 1 fully saturated rings. The monoisotopic (exact) mass is 256 g/mol. The van der Waals surface area contributed by atoms with Gasteiger partial charge in [0.05, 0.1) is 5.69 Å². The van der Waals surface area contributed by atoms with Crippen molar-refractivity contribution in [3.8, 4) is 0 Å². The highest BCUT2D eigenvalue weighted by molar-refractivity contribution is 7.99. The van der Waals surface area contributed by atoms with Crippen LogP contribution in [0.25, 0.3) is 0 Å². The minimum absolute atomic E-state index is 0.640. The molecule has 2 rings (SSSR count). The molecule has 90 valence electrons. The Labute approximate surface area is 106 Å². The van der Waals surface area contributed by atoms with Crippen molar-refractivity contribution < 1.29 is 0 Å². The second kappa shape index (κ2) is 5.92. The highest BCUT2D eigenvalue weighted by Crippen LogP contribution is 2.32. The van der Waals surface area contributed by atoms with Crippen LogP contribution < -0.4 is 5.32 Å². The lowest BCUT2D eigenvalue weighted by molar-refractivity contribution is 0.765. The van der Waals surface area contributed by atoms with E-state index in [-0.39, 0.29) is 0 Å². The molecule has 0 aromatic carbocycles. The van der Waals surface area contributed by atoms with Crippen LogP contribution in [0.5, 0.6) is 0 Å². The van der Waals surface area contributed by atoms with E-state index in [2.05, 4.69) is 41.3 Å². The summed E-state index contributed by atoms with van der Waals surface area (Å²) >= 11 is 3.84. The second-order valence-corrected chi connectivity index (χ2v) is 6.55. The number of hydrogen-bond acceptors (Lipinski definition) is 4. The van der Waals surface area contributed by atoms with Gasteiger partial charge in [-0.2, -0.15) is 11.8 Å². The number of nitrogens with zero attached hydrogens (tertiary/aromatic N) is 1. The van der Waals surface area contributed by atoms with Gasteiger partial charge in [0.15, 0.2) is 5.13 Å². The summed E-state index contributed by atoms with van der Waals surface area (Å²) in [5.74, 6) is 1.22. The smallest absolute Gasteiger partial charge is 0.183 e. The van der Waals surface area contributed by atoms with Gasteiger partial charge in [-0.3, -0.25) is 0 Å². The molecule has 1 aromatic heterocycles. The van der Waals surface area contributed by atoms with Gasteiger partial charge < -0.3 is 5.32 Å². The van der Waals surface area contributed by atoms with Crippen LogP contribution in [-0.2, 0) is 6.42 Å². The molecule has 1 aliphatic carbocycles. The van der Waals surface area contributed by atoms with Crippen molar-refractivity contribution >= 4 is 28.2 Å². The maximum atomic E-state index is 4.58. The number of rotatable bonds is 5. The zero-order valence-corrected chi connectivity index (χ0v) is 11.7. The highest BCUT2D eigenvalue weighted by atomic mass is 32.2. The molecule has 0 bridgehead atoms. The number of aryl methyl sites for hydroxylation is 1. The maximum absolute atomic E-state index is 4.58. The Balaban J connectivity index is 1.92. The van der Waals surface area contributed by atoms with Crippen molar-refractivity contribution in [1.29, 1.82) is 0 Å². The fourth-order valence-electron chi connectivity index (χ4n) is 2.20. The lowest BCUT2D eigenvalue weighted by Crippen LogP contribution is -2.26. The summed E-state index contributed by atoms with van der Waals surface area (Å²) in [5.41, 5.74) is 1.21. The SMILES string of the molecule is CCSC1CCCC1Nc1nc(CC)cs1. The second-order valence-electron chi connectivity index (χ2n) is 4.17. The van der Waals surface area contributed by atoms with Crippen LogP contribution >= 0.6 is 23.1 Å². The summed E-state index contributed by atoms with van der Waals surface area (Å²) in [5, 5.41) is 7.69. The first-order valence-corrected chi connectivity index (χ1v) is 8.08. The van der Waals surface area contributed by atoms with Crippen LogP contribution in [0.3, 0.4) is 0 Å². The van der Waals surface area contributed by atoms with Crippen molar-refractivity contribution in [2.75, 3.05) is 11.1 Å². The number of nitrogens with one attached hydrogen (secondary N) is 1. The van der Waals surface area contributed by atoms with E-state index in [0.717, 1.165) is 16.8 Å². The summed E-state index contributed by atoms with van der Waals surface area (Å²) in [4.78, 5) is 4.58. The van der Waals surface area contributed by atoms with Crippen molar-refractivity contribution in [2.45, 2.75) is 50.8 Å². The van der Waals surface area contributed by atoms with E-state index in [4.69, 9.17) is 0 Å². The molecule has 1 N–H and O–H groups in total.